The monoisotopic (exact) mass is 400 g/mol. The van der Waals surface area contributed by atoms with E-state index in [1.807, 2.05) is 13.0 Å². The van der Waals surface area contributed by atoms with Crippen molar-refractivity contribution in [2.75, 3.05) is 45.4 Å². The number of benzene rings is 1. The van der Waals surface area contributed by atoms with Crippen LogP contribution in [0.3, 0.4) is 0 Å². The molecule has 2 aromatic rings. The van der Waals surface area contributed by atoms with Crippen LogP contribution in [0.1, 0.15) is 35.4 Å². The quantitative estimate of drug-likeness (QED) is 0.682. The first-order valence-corrected chi connectivity index (χ1v) is 9.84. The summed E-state index contributed by atoms with van der Waals surface area (Å²) in [4.78, 5) is 23.6. The molecule has 8 nitrogen and oxygen atoms in total. The summed E-state index contributed by atoms with van der Waals surface area (Å²) in [5.41, 5.74) is 0.414. The zero-order valence-corrected chi connectivity index (χ0v) is 17.2. The number of rotatable bonds is 8. The fourth-order valence-electron chi connectivity index (χ4n) is 3.29. The van der Waals surface area contributed by atoms with E-state index in [-0.39, 0.29) is 5.91 Å². The lowest BCUT2D eigenvalue weighted by molar-refractivity contribution is 0.0943. The molecule has 0 spiro atoms. The van der Waals surface area contributed by atoms with Gasteiger partial charge < -0.3 is 24.4 Å². The van der Waals surface area contributed by atoms with Crippen molar-refractivity contribution in [3.8, 4) is 17.4 Å². The first-order chi connectivity index (χ1) is 14.1. The molecule has 156 valence electrons. The van der Waals surface area contributed by atoms with E-state index in [2.05, 4.69) is 20.2 Å². The van der Waals surface area contributed by atoms with Gasteiger partial charge in [-0.2, -0.15) is 4.98 Å². The molecule has 1 saturated heterocycles. The second-order valence-corrected chi connectivity index (χ2v) is 6.83. The molecule has 8 heteroatoms. The number of amides is 1. The Morgan fingerprint density at radius 1 is 1.10 bits per heavy atom. The number of piperidine rings is 1. The Hall–Kier alpha value is -3.03. The van der Waals surface area contributed by atoms with Crippen LogP contribution >= 0.6 is 0 Å². The van der Waals surface area contributed by atoms with Gasteiger partial charge in [0.05, 0.1) is 26.3 Å². The van der Waals surface area contributed by atoms with Crippen LogP contribution in [0.4, 0.5) is 5.82 Å². The third-order valence-corrected chi connectivity index (χ3v) is 4.77. The number of hydrogen-bond donors (Lipinski definition) is 1. The van der Waals surface area contributed by atoms with Gasteiger partial charge in [-0.1, -0.05) is 0 Å². The highest BCUT2D eigenvalue weighted by Crippen LogP contribution is 2.24. The molecule has 3 rings (SSSR count). The Bertz CT molecular complexity index is 837. The highest BCUT2D eigenvalue weighted by Gasteiger charge is 2.15. The summed E-state index contributed by atoms with van der Waals surface area (Å²) in [6, 6.07) is 6.96. The van der Waals surface area contributed by atoms with Crippen molar-refractivity contribution >= 4 is 11.7 Å². The summed E-state index contributed by atoms with van der Waals surface area (Å²) in [6.07, 6.45) is 3.62. The predicted octanol–water partition coefficient (Wildman–Crippen LogP) is 2.60. The zero-order chi connectivity index (χ0) is 20.6. The lowest BCUT2D eigenvalue weighted by Crippen LogP contribution is -2.30. The van der Waals surface area contributed by atoms with Gasteiger partial charge in [-0.15, -0.1) is 0 Å². The molecule has 1 amide bonds. The topological polar surface area (TPSA) is 85.8 Å². The average Bonchev–Trinajstić information content (AvgIpc) is 2.76. The molecule has 0 saturated carbocycles. The molecule has 0 unspecified atom stereocenters. The number of aromatic nitrogens is 2. The number of methoxy groups -OCH3 is 2. The number of nitrogens with zero attached hydrogens (tertiary/aromatic N) is 3. The van der Waals surface area contributed by atoms with Crippen LogP contribution in [0.2, 0.25) is 0 Å². The van der Waals surface area contributed by atoms with E-state index in [0.29, 0.717) is 41.9 Å². The smallest absolute Gasteiger partial charge is 0.255 e. The summed E-state index contributed by atoms with van der Waals surface area (Å²) in [5, 5.41) is 2.83. The highest BCUT2D eigenvalue weighted by molar-refractivity contribution is 5.97. The number of nitrogens with one attached hydrogen (secondary N) is 1. The third-order valence-electron chi connectivity index (χ3n) is 4.77. The van der Waals surface area contributed by atoms with Gasteiger partial charge in [0, 0.05) is 19.2 Å². The van der Waals surface area contributed by atoms with Gasteiger partial charge in [-0.3, -0.25) is 4.79 Å². The zero-order valence-electron chi connectivity index (χ0n) is 17.2. The normalized spacial score (nSPS) is 13.7. The van der Waals surface area contributed by atoms with E-state index in [1.54, 1.807) is 25.3 Å². The second-order valence-electron chi connectivity index (χ2n) is 6.83. The summed E-state index contributed by atoms with van der Waals surface area (Å²) in [7, 11) is 3.08. The Balaban J connectivity index is 1.55. The maximum atomic E-state index is 12.5. The minimum absolute atomic E-state index is 0.253. The van der Waals surface area contributed by atoms with E-state index in [9.17, 15) is 4.79 Å². The van der Waals surface area contributed by atoms with E-state index in [1.165, 1.54) is 26.4 Å². The lowest BCUT2D eigenvalue weighted by atomic mass is 10.1. The largest absolute Gasteiger partial charge is 0.497 e. The minimum atomic E-state index is -0.253. The van der Waals surface area contributed by atoms with Gasteiger partial charge >= 0.3 is 0 Å². The molecule has 1 aromatic carbocycles. The van der Waals surface area contributed by atoms with E-state index in [0.717, 1.165) is 18.9 Å². The molecule has 1 N–H and O–H groups in total. The number of hydrogen-bond acceptors (Lipinski definition) is 7. The Morgan fingerprint density at radius 2 is 1.90 bits per heavy atom. The Labute approximate surface area is 171 Å². The molecule has 2 heterocycles. The summed E-state index contributed by atoms with van der Waals surface area (Å²) < 4.78 is 16.2. The van der Waals surface area contributed by atoms with Gasteiger partial charge in [0.25, 0.3) is 5.91 Å². The van der Waals surface area contributed by atoms with Crippen molar-refractivity contribution in [3.05, 3.63) is 35.7 Å². The van der Waals surface area contributed by atoms with Crippen LogP contribution in [0.5, 0.6) is 17.4 Å². The van der Waals surface area contributed by atoms with Crippen molar-refractivity contribution < 1.29 is 19.0 Å². The molecule has 1 aliphatic heterocycles. The van der Waals surface area contributed by atoms with Gasteiger partial charge in [0.1, 0.15) is 29.7 Å². The lowest BCUT2D eigenvalue weighted by Gasteiger charge is -2.28. The SMILES string of the molecule is COc1ccc(OC)c(C(=O)NCCOc2cc(N3CCCCC3)nc(C)n2)c1. The predicted molar refractivity (Wildman–Crippen MR) is 110 cm³/mol. The van der Waals surface area contributed by atoms with Crippen LogP contribution in [-0.4, -0.2) is 56.3 Å². The van der Waals surface area contributed by atoms with Gasteiger partial charge in [-0.05, 0) is 44.4 Å². The number of carbonyl (C=O) groups is 1. The van der Waals surface area contributed by atoms with Crippen LogP contribution < -0.4 is 24.4 Å². The fourth-order valence-corrected chi connectivity index (χ4v) is 3.29. The molecule has 1 fully saturated rings. The maximum Gasteiger partial charge on any atom is 0.255 e. The van der Waals surface area contributed by atoms with Crippen molar-refractivity contribution in [2.24, 2.45) is 0 Å². The van der Waals surface area contributed by atoms with Crippen molar-refractivity contribution in [3.63, 3.8) is 0 Å². The Morgan fingerprint density at radius 3 is 2.62 bits per heavy atom. The van der Waals surface area contributed by atoms with Gasteiger partial charge in [-0.25, -0.2) is 4.98 Å². The number of carbonyl (C=O) groups excluding carboxylic acids is 1. The number of aryl methyl sites for hydroxylation is 1. The summed E-state index contributed by atoms with van der Waals surface area (Å²) in [6.45, 7) is 4.51. The first-order valence-electron chi connectivity index (χ1n) is 9.84. The van der Waals surface area contributed by atoms with Crippen LogP contribution in [-0.2, 0) is 0 Å². The second kappa shape index (κ2) is 9.95. The molecule has 0 atom stereocenters. The first kappa shape index (κ1) is 20.7. The number of ether oxygens (including phenoxy) is 3. The van der Waals surface area contributed by atoms with E-state index in [4.69, 9.17) is 14.2 Å². The van der Waals surface area contributed by atoms with Crippen LogP contribution in [0, 0.1) is 6.92 Å². The Kier molecular flexibility index (Phi) is 7.10. The number of anilines is 1. The van der Waals surface area contributed by atoms with E-state index >= 15 is 0 Å². The fraction of sp³-hybridized carbons (Fsp3) is 0.476. The molecule has 0 radical (unpaired) electrons. The summed E-state index contributed by atoms with van der Waals surface area (Å²) in [5.74, 6) is 2.92. The molecule has 1 aliphatic rings. The molecule has 1 aromatic heterocycles. The standard InChI is InChI=1S/C21H28N4O4/c1-15-23-19(25-10-5-4-6-11-25)14-20(24-15)29-12-9-22-21(26)17-13-16(27-2)7-8-18(17)28-3/h7-8,13-14H,4-6,9-12H2,1-3H3,(H,22,26). The van der Waals surface area contributed by atoms with Crippen LogP contribution in [0.15, 0.2) is 24.3 Å². The van der Waals surface area contributed by atoms with Crippen molar-refractivity contribution in [1.82, 2.24) is 15.3 Å². The third kappa shape index (κ3) is 5.49. The molecule has 0 bridgehead atoms. The highest BCUT2D eigenvalue weighted by atomic mass is 16.5. The summed E-state index contributed by atoms with van der Waals surface area (Å²) >= 11 is 0. The van der Waals surface area contributed by atoms with Crippen molar-refractivity contribution in [2.45, 2.75) is 26.2 Å². The van der Waals surface area contributed by atoms with Gasteiger partial charge in [0.2, 0.25) is 5.88 Å². The minimum Gasteiger partial charge on any atom is -0.497 e. The van der Waals surface area contributed by atoms with Gasteiger partial charge in [0.15, 0.2) is 0 Å². The molecule has 29 heavy (non-hydrogen) atoms. The average molecular weight is 400 g/mol. The van der Waals surface area contributed by atoms with Crippen LogP contribution in [0.25, 0.3) is 0 Å². The molecular weight excluding hydrogens is 372 g/mol. The maximum absolute atomic E-state index is 12.5. The van der Waals surface area contributed by atoms with Crippen molar-refractivity contribution in [1.29, 1.82) is 0 Å². The molecule has 0 aliphatic carbocycles. The molecular formula is C21H28N4O4. The van der Waals surface area contributed by atoms with E-state index < -0.39 is 0 Å².